The molecule has 28 heavy (non-hydrogen) atoms. The summed E-state index contributed by atoms with van der Waals surface area (Å²) in [6, 6.07) is 11.7. The first kappa shape index (κ1) is 17.7. The molecular weight excluding hydrogens is 368 g/mol. The number of fused-ring (bicyclic) bond motifs is 1. The zero-order valence-electron chi connectivity index (χ0n) is 14.5. The Labute approximate surface area is 159 Å². The number of amides is 1. The van der Waals surface area contributed by atoms with Gasteiger partial charge in [-0.3, -0.25) is 4.79 Å². The minimum Gasteiger partial charge on any atom is -0.486 e. The number of nitrogens with zero attached hydrogens (tertiary/aromatic N) is 1. The van der Waals surface area contributed by atoms with E-state index >= 15 is 0 Å². The van der Waals surface area contributed by atoms with Gasteiger partial charge in [-0.05, 0) is 36.4 Å². The molecule has 0 unspecified atom stereocenters. The topological polar surface area (TPSA) is 72.5 Å². The summed E-state index contributed by atoms with van der Waals surface area (Å²) >= 11 is 0. The number of rotatable bonds is 4. The van der Waals surface area contributed by atoms with Crippen molar-refractivity contribution >= 4 is 23.0 Å². The number of pyridine rings is 1. The second kappa shape index (κ2) is 7.51. The van der Waals surface area contributed by atoms with Gasteiger partial charge in [-0.2, -0.15) is 0 Å². The SMILES string of the molecule is O=C(Nc1ccc2c(c1)OCCO2)c1ccc(Nc2ccc(F)c(F)c2)cn1. The number of hydrogen-bond donors (Lipinski definition) is 2. The molecule has 1 aliphatic heterocycles. The van der Waals surface area contributed by atoms with E-state index in [9.17, 15) is 13.6 Å². The maximum atomic E-state index is 13.3. The quantitative estimate of drug-likeness (QED) is 0.709. The Morgan fingerprint density at radius 2 is 1.61 bits per heavy atom. The lowest BCUT2D eigenvalue weighted by atomic mass is 10.2. The third kappa shape index (κ3) is 3.85. The maximum Gasteiger partial charge on any atom is 0.274 e. The minimum absolute atomic E-state index is 0.200. The van der Waals surface area contributed by atoms with Crippen molar-refractivity contribution in [1.29, 1.82) is 0 Å². The second-order valence-corrected chi connectivity index (χ2v) is 6.00. The second-order valence-electron chi connectivity index (χ2n) is 6.00. The molecule has 0 fully saturated rings. The summed E-state index contributed by atoms with van der Waals surface area (Å²) in [6.07, 6.45) is 1.43. The Balaban J connectivity index is 1.43. The van der Waals surface area contributed by atoms with Crippen LogP contribution in [0.2, 0.25) is 0 Å². The number of aromatic nitrogens is 1. The van der Waals surface area contributed by atoms with Crippen LogP contribution in [0.4, 0.5) is 25.8 Å². The van der Waals surface area contributed by atoms with Gasteiger partial charge in [0.05, 0.1) is 11.9 Å². The molecule has 3 aromatic rings. The van der Waals surface area contributed by atoms with Crippen LogP contribution in [0.25, 0.3) is 0 Å². The number of anilines is 3. The van der Waals surface area contributed by atoms with Gasteiger partial charge in [-0.1, -0.05) is 0 Å². The number of nitrogens with one attached hydrogen (secondary N) is 2. The molecule has 8 heteroatoms. The Morgan fingerprint density at radius 3 is 2.36 bits per heavy atom. The first-order valence-electron chi connectivity index (χ1n) is 8.47. The zero-order chi connectivity index (χ0) is 19.5. The lowest BCUT2D eigenvalue weighted by molar-refractivity contribution is 0.102. The fraction of sp³-hybridized carbons (Fsp3) is 0.100. The van der Waals surface area contributed by atoms with E-state index in [1.165, 1.54) is 18.3 Å². The standard InChI is InChI=1S/C20H15F2N3O3/c21-15-4-1-12(9-16(15)22)24-14-2-5-17(23-11-14)20(26)25-13-3-6-18-19(10-13)28-8-7-27-18/h1-6,9-11,24H,7-8H2,(H,25,26). The lowest BCUT2D eigenvalue weighted by Crippen LogP contribution is -2.17. The van der Waals surface area contributed by atoms with Crippen LogP contribution in [0.1, 0.15) is 10.5 Å². The van der Waals surface area contributed by atoms with Gasteiger partial charge in [0.25, 0.3) is 5.91 Å². The Kier molecular flexibility index (Phi) is 4.76. The van der Waals surface area contributed by atoms with Crippen LogP contribution < -0.4 is 20.1 Å². The van der Waals surface area contributed by atoms with E-state index in [1.54, 1.807) is 24.3 Å². The van der Waals surface area contributed by atoms with Crippen LogP contribution in [0.3, 0.4) is 0 Å². The monoisotopic (exact) mass is 383 g/mol. The number of benzene rings is 2. The molecule has 0 aliphatic carbocycles. The number of hydrogen-bond acceptors (Lipinski definition) is 5. The highest BCUT2D eigenvalue weighted by atomic mass is 19.2. The van der Waals surface area contributed by atoms with Crippen molar-refractivity contribution in [2.45, 2.75) is 0 Å². The Morgan fingerprint density at radius 1 is 0.857 bits per heavy atom. The largest absolute Gasteiger partial charge is 0.486 e. The zero-order valence-corrected chi connectivity index (χ0v) is 14.5. The van der Waals surface area contributed by atoms with E-state index in [-0.39, 0.29) is 5.69 Å². The highest BCUT2D eigenvalue weighted by Crippen LogP contribution is 2.32. The summed E-state index contributed by atoms with van der Waals surface area (Å²) in [5.41, 5.74) is 1.65. The van der Waals surface area contributed by atoms with Gasteiger partial charge >= 0.3 is 0 Å². The van der Waals surface area contributed by atoms with Gasteiger partial charge in [0, 0.05) is 23.5 Å². The van der Waals surface area contributed by atoms with E-state index in [1.807, 2.05) is 0 Å². The molecule has 0 saturated heterocycles. The van der Waals surface area contributed by atoms with Crippen molar-refractivity contribution in [2.75, 3.05) is 23.8 Å². The van der Waals surface area contributed by atoms with Gasteiger partial charge in [-0.25, -0.2) is 13.8 Å². The summed E-state index contributed by atoms with van der Waals surface area (Å²) in [5.74, 6) is -1.06. The third-order valence-electron chi connectivity index (χ3n) is 4.00. The molecule has 1 aliphatic rings. The molecule has 1 aromatic heterocycles. The number of carbonyl (C=O) groups is 1. The molecule has 0 atom stereocenters. The van der Waals surface area contributed by atoms with Crippen molar-refractivity contribution in [3.8, 4) is 11.5 Å². The average Bonchev–Trinajstić information content (AvgIpc) is 2.71. The Hall–Kier alpha value is -3.68. The Bertz CT molecular complexity index is 1030. The molecule has 1 amide bonds. The van der Waals surface area contributed by atoms with Gasteiger partial charge in [0.15, 0.2) is 23.1 Å². The maximum absolute atomic E-state index is 13.3. The van der Waals surface area contributed by atoms with Crippen LogP contribution >= 0.6 is 0 Å². The van der Waals surface area contributed by atoms with Crippen LogP contribution in [0.15, 0.2) is 54.7 Å². The molecule has 0 spiro atoms. The van der Waals surface area contributed by atoms with Crippen molar-refractivity contribution < 1.29 is 23.0 Å². The summed E-state index contributed by atoms with van der Waals surface area (Å²) < 4.78 is 37.2. The third-order valence-corrected chi connectivity index (χ3v) is 4.00. The molecule has 4 rings (SSSR count). The number of ether oxygens (including phenoxy) is 2. The molecule has 0 radical (unpaired) electrons. The number of halogens is 2. The van der Waals surface area contributed by atoms with Crippen LogP contribution in [0, 0.1) is 11.6 Å². The lowest BCUT2D eigenvalue weighted by Gasteiger charge is -2.19. The summed E-state index contributed by atoms with van der Waals surface area (Å²) in [5, 5.41) is 5.63. The number of carbonyl (C=O) groups excluding carboxylic acids is 1. The molecule has 0 saturated carbocycles. The highest BCUT2D eigenvalue weighted by Gasteiger charge is 2.14. The summed E-state index contributed by atoms with van der Waals surface area (Å²) in [6.45, 7) is 0.950. The molecule has 2 heterocycles. The molecule has 142 valence electrons. The first-order chi connectivity index (χ1) is 13.6. The smallest absolute Gasteiger partial charge is 0.274 e. The van der Waals surface area contributed by atoms with E-state index in [0.29, 0.717) is 41.8 Å². The predicted molar refractivity (Wildman–Crippen MR) is 99.3 cm³/mol. The van der Waals surface area contributed by atoms with Crippen LogP contribution in [0.5, 0.6) is 11.5 Å². The molecular formula is C20H15F2N3O3. The van der Waals surface area contributed by atoms with Crippen molar-refractivity contribution in [1.82, 2.24) is 4.98 Å². The molecule has 6 nitrogen and oxygen atoms in total. The normalized spacial score (nSPS) is 12.4. The van der Waals surface area contributed by atoms with E-state index < -0.39 is 17.5 Å². The minimum atomic E-state index is -0.951. The van der Waals surface area contributed by atoms with Gasteiger partial charge in [0.2, 0.25) is 0 Å². The van der Waals surface area contributed by atoms with Crippen molar-refractivity contribution in [2.24, 2.45) is 0 Å². The molecule has 2 aromatic carbocycles. The van der Waals surface area contributed by atoms with Crippen LogP contribution in [-0.4, -0.2) is 24.1 Å². The average molecular weight is 383 g/mol. The highest BCUT2D eigenvalue weighted by molar-refractivity contribution is 6.03. The molecule has 0 bridgehead atoms. The van der Waals surface area contributed by atoms with E-state index in [0.717, 1.165) is 12.1 Å². The molecule has 2 N–H and O–H groups in total. The van der Waals surface area contributed by atoms with Gasteiger partial charge < -0.3 is 20.1 Å². The summed E-state index contributed by atoms with van der Waals surface area (Å²) in [7, 11) is 0. The summed E-state index contributed by atoms with van der Waals surface area (Å²) in [4.78, 5) is 16.5. The fourth-order valence-corrected chi connectivity index (χ4v) is 2.66. The van der Waals surface area contributed by atoms with Gasteiger partial charge in [0.1, 0.15) is 18.9 Å². The van der Waals surface area contributed by atoms with E-state index in [2.05, 4.69) is 15.6 Å². The van der Waals surface area contributed by atoms with Crippen LogP contribution in [-0.2, 0) is 0 Å². The predicted octanol–water partition coefficient (Wildman–Crippen LogP) is 4.13. The fourth-order valence-electron chi connectivity index (χ4n) is 2.66. The van der Waals surface area contributed by atoms with Crippen molar-refractivity contribution in [3.05, 3.63) is 72.1 Å². The van der Waals surface area contributed by atoms with Crippen molar-refractivity contribution in [3.63, 3.8) is 0 Å². The van der Waals surface area contributed by atoms with E-state index in [4.69, 9.17) is 9.47 Å². The van der Waals surface area contributed by atoms with Gasteiger partial charge in [-0.15, -0.1) is 0 Å². The first-order valence-corrected chi connectivity index (χ1v) is 8.47.